The van der Waals surface area contributed by atoms with Crippen LogP contribution in [0.15, 0.2) is 11.6 Å². The topological polar surface area (TPSA) is 71.4 Å². The molecule has 0 amide bonds. The molecule has 0 unspecified atom stereocenters. The molecule has 0 spiro atoms. The highest BCUT2D eigenvalue weighted by atomic mass is 32.2. The summed E-state index contributed by atoms with van der Waals surface area (Å²) in [6, 6.07) is 0. The Kier molecular flexibility index (Phi) is 2.71. The number of hydrogen-bond donors (Lipinski definition) is 1. The predicted molar refractivity (Wildman–Crippen MR) is 52.8 cm³/mol. The number of aliphatic carboxylic acids is 1. The molecule has 0 saturated heterocycles. The van der Waals surface area contributed by atoms with E-state index in [4.69, 9.17) is 5.11 Å². The van der Waals surface area contributed by atoms with Gasteiger partial charge in [-0.15, -0.1) is 0 Å². The molecule has 1 heterocycles. The van der Waals surface area contributed by atoms with E-state index in [1.54, 1.807) is 13.8 Å². The van der Waals surface area contributed by atoms with E-state index >= 15 is 0 Å². The monoisotopic (exact) mass is 218 g/mol. The van der Waals surface area contributed by atoms with Crippen LogP contribution in [0.1, 0.15) is 20.3 Å². The van der Waals surface area contributed by atoms with Crippen molar-refractivity contribution in [2.75, 3.05) is 11.5 Å². The molecule has 80 valence electrons. The van der Waals surface area contributed by atoms with Crippen LogP contribution in [0.4, 0.5) is 0 Å². The highest BCUT2D eigenvalue weighted by Gasteiger charge is 2.34. The van der Waals surface area contributed by atoms with Gasteiger partial charge in [-0.2, -0.15) is 0 Å². The van der Waals surface area contributed by atoms with Crippen molar-refractivity contribution in [3.05, 3.63) is 11.6 Å². The van der Waals surface area contributed by atoms with Crippen LogP contribution in [-0.2, 0) is 14.6 Å². The average Bonchev–Trinajstić information content (AvgIpc) is 2.03. The van der Waals surface area contributed by atoms with Crippen molar-refractivity contribution >= 4 is 15.8 Å². The van der Waals surface area contributed by atoms with Crippen molar-refractivity contribution in [1.82, 2.24) is 0 Å². The lowest BCUT2D eigenvalue weighted by Gasteiger charge is -2.25. The summed E-state index contributed by atoms with van der Waals surface area (Å²) in [5.74, 6) is -0.878. The first-order valence-electron chi connectivity index (χ1n) is 4.39. The van der Waals surface area contributed by atoms with E-state index in [-0.39, 0.29) is 11.5 Å². The van der Waals surface area contributed by atoms with E-state index in [0.29, 0.717) is 12.0 Å². The van der Waals surface area contributed by atoms with Crippen molar-refractivity contribution in [3.8, 4) is 0 Å². The van der Waals surface area contributed by atoms with Crippen LogP contribution in [0.2, 0.25) is 0 Å². The Balaban J connectivity index is 2.94. The number of carbonyl (C=O) groups is 1. The summed E-state index contributed by atoms with van der Waals surface area (Å²) in [6.07, 6.45) is 1.87. The standard InChI is InChI=1S/C9H14O4S/c1-9(2,8(10)11)7-3-5-14(12,13)6-4-7/h3H,4-6H2,1-2H3,(H,10,11). The third kappa shape index (κ3) is 2.15. The van der Waals surface area contributed by atoms with Gasteiger partial charge in [0.25, 0.3) is 0 Å². The number of rotatable bonds is 2. The molecule has 0 aliphatic carbocycles. The highest BCUT2D eigenvalue weighted by Crippen LogP contribution is 2.31. The second-order valence-corrected chi connectivity index (χ2v) is 6.25. The number of sulfone groups is 1. The van der Waals surface area contributed by atoms with E-state index < -0.39 is 21.2 Å². The average molecular weight is 218 g/mol. The Hall–Kier alpha value is -0.840. The highest BCUT2D eigenvalue weighted by molar-refractivity contribution is 7.91. The fourth-order valence-electron chi connectivity index (χ4n) is 1.38. The zero-order valence-corrected chi connectivity index (χ0v) is 9.10. The molecule has 1 aliphatic heterocycles. The summed E-state index contributed by atoms with van der Waals surface area (Å²) in [6.45, 7) is 3.19. The van der Waals surface area contributed by atoms with E-state index in [9.17, 15) is 13.2 Å². The van der Waals surface area contributed by atoms with Crippen molar-refractivity contribution < 1.29 is 18.3 Å². The van der Waals surface area contributed by atoms with Crippen molar-refractivity contribution in [2.45, 2.75) is 20.3 Å². The van der Waals surface area contributed by atoms with Gasteiger partial charge in [-0.05, 0) is 20.3 Å². The Bertz CT molecular complexity index is 376. The van der Waals surface area contributed by atoms with E-state index in [1.165, 1.54) is 6.08 Å². The SMILES string of the molecule is CC(C)(C(=O)O)C1=CCS(=O)(=O)CC1. The van der Waals surface area contributed by atoms with Crippen molar-refractivity contribution in [3.63, 3.8) is 0 Å². The molecule has 1 N–H and O–H groups in total. The minimum absolute atomic E-state index is 0.0287. The minimum atomic E-state index is -2.97. The molecule has 0 aromatic heterocycles. The first kappa shape index (κ1) is 11.2. The van der Waals surface area contributed by atoms with Gasteiger partial charge in [0.1, 0.15) is 0 Å². The number of carboxylic acid groups (broad SMARTS) is 1. The third-order valence-corrected chi connectivity index (χ3v) is 4.10. The maximum atomic E-state index is 11.1. The molecule has 5 heteroatoms. The van der Waals surface area contributed by atoms with Crippen LogP contribution >= 0.6 is 0 Å². The Morgan fingerprint density at radius 1 is 1.50 bits per heavy atom. The van der Waals surface area contributed by atoms with Crippen LogP contribution in [0.25, 0.3) is 0 Å². The second-order valence-electron chi connectivity index (χ2n) is 4.02. The van der Waals surface area contributed by atoms with Gasteiger partial charge in [-0.3, -0.25) is 4.79 Å². The Morgan fingerprint density at radius 3 is 2.43 bits per heavy atom. The molecule has 1 rings (SSSR count). The van der Waals surface area contributed by atoms with Crippen LogP contribution in [0, 0.1) is 5.41 Å². The molecule has 1 aliphatic rings. The maximum Gasteiger partial charge on any atom is 0.313 e. The van der Waals surface area contributed by atoms with Crippen molar-refractivity contribution in [2.24, 2.45) is 5.41 Å². The Labute approximate surface area is 83.5 Å². The zero-order valence-electron chi connectivity index (χ0n) is 8.28. The molecule has 0 fully saturated rings. The first-order chi connectivity index (χ1) is 6.26. The molecule has 4 nitrogen and oxygen atoms in total. The lowest BCUT2D eigenvalue weighted by molar-refractivity contribution is -0.144. The van der Waals surface area contributed by atoms with Crippen LogP contribution < -0.4 is 0 Å². The van der Waals surface area contributed by atoms with Gasteiger partial charge in [-0.25, -0.2) is 8.42 Å². The summed E-state index contributed by atoms with van der Waals surface area (Å²) in [5.41, 5.74) is -0.240. The summed E-state index contributed by atoms with van der Waals surface area (Å²) >= 11 is 0. The number of hydrogen-bond acceptors (Lipinski definition) is 3. The number of carboxylic acids is 1. The molecule has 0 radical (unpaired) electrons. The molecule has 0 aromatic carbocycles. The predicted octanol–water partition coefficient (Wildman–Crippen LogP) is 0.842. The minimum Gasteiger partial charge on any atom is -0.481 e. The maximum absolute atomic E-state index is 11.1. The van der Waals surface area contributed by atoms with Crippen LogP contribution in [0.3, 0.4) is 0 Å². The lowest BCUT2D eigenvalue weighted by Crippen LogP contribution is -2.30. The summed E-state index contributed by atoms with van der Waals surface area (Å²) in [4.78, 5) is 10.9. The summed E-state index contributed by atoms with van der Waals surface area (Å²) in [7, 11) is -2.97. The van der Waals surface area contributed by atoms with Gasteiger partial charge in [0.15, 0.2) is 9.84 Å². The molecular weight excluding hydrogens is 204 g/mol. The van der Waals surface area contributed by atoms with Gasteiger partial charge < -0.3 is 5.11 Å². The zero-order chi connectivity index (χ0) is 11.0. The molecule has 14 heavy (non-hydrogen) atoms. The smallest absolute Gasteiger partial charge is 0.313 e. The van der Waals surface area contributed by atoms with Crippen molar-refractivity contribution in [1.29, 1.82) is 0 Å². The summed E-state index contributed by atoms with van der Waals surface area (Å²) in [5, 5.41) is 8.93. The van der Waals surface area contributed by atoms with Gasteiger partial charge in [-0.1, -0.05) is 11.6 Å². The largest absolute Gasteiger partial charge is 0.481 e. The van der Waals surface area contributed by atoms with E-state index in [1.807, 2.05) is 0 Å². The molecule has 0 bridgehead atoms. The van der Waals surface area contributed by atoms with Gasteiger partial charge in [0.2, 0.25) is 0 Å². The van der Waals surface area contributed by atoms with E-state index in [0.717, 1.165) is 0 Å². The van der Waals surface area contributed by atoms with Gasteiger partial charge >= 0.3 is 5.97 Å². The van der Waals surface area contributed by atoms with Gasteiger partial charge in [0, 0.05) is 0 Å². The second kappa shape index (κ2) is 3.38. The molecule has 0 atom stereocenters. The summed E-state index contributed by atoms with van der Waals surface area (Å²) < 4.78 is 22.2. The molecule has 0 saturated carbocycles. The normalized spacial score (nSPS) is 21.4. The van der Waals surface area contributed by atoms with Crippen LogP contribution in [0.5, 0.6) is 0 Å². The fraction of sp³-hybridized carbons (Fsp3) is 0.667. The molecular formula is C9H14O4S. The van der Waals surface area contributed by atoms with E-state index in [2.05, 4.69) is 0 Å². The quantitative estimate of drug-likeness (QED) is 0.697. The molecule has 0 aromatic rings. The third-order valence-electron chi connectivity index (χ3n) is 2.60. The lowest BCUT2D eigenvalue weighted by atomic mass is 9.82. The fourth-order valence-corrected chi connectivity index (χ4v) is 2.54. The first-order valence-corrected chi connectivity index (χ1v) is 6.21. The van der Waals surface area contributed by atoms with Gasteiger partial charge in [0.05, 0.1) is 16.9 Å². The van der Waals surface area contributed by atoms with Crippen LogP contribution in [-0.4, -0.2) is 31.0 Å². The Morgan fingerprint density at radius 2 is 2.07 bits per heavy atom.